The van der Waals surface area contributed by atoms with Crippen LogP contribution in [0, 0.1) is 0 Å². The molecule has 296 valence electrons. The molecule has 0 fully saturated rings. The molecule has 0 saturated carbocycles. The van der Waals surface area contributed by atoms with E-state index in [0.717, 1.165) is 50.1 Å². The van der Waals surface area contributed by atoms with Gasteiger partial charge in [-0.3, -0.25) is 0 Å². The topological polar surface area (TPSA) is 16.4 Å². The van der Waals surface area contributed by atoms with Crippen LogP contribution in [0.15, 0.2) is 253 Å². The summed E-state index contributed by atoms with van der Waals surface area (Å²) in [5.74, 6) is 0. The maximum absolute atomic E-state index is 6.30. The molecule has 0 amide bonds. The van der Waals surface area contributed by atoms with Crippen LogP contribution < -0.4 is 4.90 Å². The van der Waals surface area contributed by atoms with Gasteiger partial charge in [-0.25, -0.2) is 0 Å². The third-order valence-electron chi connectivity index (χ3n) is 13.0. The summed E-state index contributed by atoms with van der Waals surface area (Å²) >= 11 is 0. The summed E-state index contributed by atoms with van der Waals surface area (Å²) in [5, 5.41) is 2.27. The molecule has 0 radical (unpaired) electrons. The van der Waals surface area contributed by atoms with Crippen molar-refractivity contribution in [2.45, 2.75) is 5.41 Å². The Morgan fingerprint density at radius 3 is 1.41 bits per heavy atom. The predicted molar refractivity (Wildman–Crippen MR) is 262 cm³/mol. The van der Waals surface area contributed by atoms with Gasteiger partial charge in [-0.2, -0.15) is 0 Å². The molecule has 1 aliphatic carbocycles. The number of hydrogen-bond donors (Lipinski definition) is 0. The molecule has 12 rings (SSSR count). The van der Waals surface area contributed by atoms with Gasteiger partial charge >= 0.3 is 0 Å². The van der Waals surface area contributed by atoms with Crippen molar-refractivity contribution in [2.75, 3.05) is 4.90 Å². The molecule has 11 aromatic rings. The molecule has 0 atom stereocenters. The first-order valence-corrected chi connectivity index (χ1v) is 21.7. The van der Waals surface area contributed by atoms with E-state index in [1.54, 1.807) is 0 Å². The van der Waals surface area contributed by atoms with Crippen LogP contribution in [0.25, 0.3) is 66.4 Å². The van der Waals surface area contributed by atoms with Crippen molar-refractivity contribution in [3.8, 4) is 44.5 Å². The highest BCUT2D eigenvalue weighted by atomic mass is 16.3. The van der Waals surface area contributed by atoms with Crippen molar-refractivity contribution >= 4 is 39.0 Å². The van der Waals surface area contributed by atoms with Gasteiger partial charge in [0.05, 0.1) is 11.1 Å². The van der Waals surface area contributed by atoms with E-state index in [0.29, 0.717) is 0 Å². The highest BCUT2D eigenvalue weighted by Crippen LogP contribution is 2.59. The number of benzene rings is 10. The molecule has 10 aromatic carbocycles. The molecule has 2 heteroatoms. The normalized spacial score (nSPS) is 12.6. The van der Waals surface area contributed by atoms with Crippen LogP contribution >= 0.6 is 0 Å². The summed E-state index contributed by atoms with van der Waals surface area (Å²) < 4.78 is 6.30. The highest BCUT2D eigenvalue weighted by Gasteiger charge is 2.47. The van der Waals surface area contributed by atoms with E-state index < -0.39 is 5.41 Å². The van der Waals surface area contributed by atoms with Gasteiger partial charge in [0.15, 0.2) is 0 Å². The van der Waals surface area contributed by atoms with Gasteiger partial charge in [0.2, 0.25) is 0 Å². The van der Waals surface area contributed by atoms with E-state index >= 15 is 0 Å². The quantitative estimate of drug-likeness (QED) is 0.152. The lowest BCUT2D eigenvalue weighted by Gasteiger charge is -2.34. The van der Waals surface area contributed by atoms with Crippen LogP contribution in [0.3, 0.4) is 0 Å². The Morgan fingerprint density at radius 2 is 0.778 bits per heavy atom. The zero-order valence-electron chi connectivity index (χ0n) is 34.5. The fourth-order valence-corrected chi connectivity index (χ4v) is 10.1. The molecular formula is C61H41NO. The van der Waals surface area contributed by atoms with Crippen molar-refractivity contribution in [3.63, 3.8) is 0 Å². The lowest BCUT2D eigenvalue weighted by molar-refractivity contribution is 0.669. The second-order valence-corrected chi connectivity index (χ2v) is 16.4. The number of rotatable bonds is 8. The van der Waals surface area contributed by atoms with Crippen LogP contribution in [0.4, 0.5) is 17.1 Å². The van der Waals surface area contributed by atoms with Gasteiger partial charge in [-0.05, 0) is 110 Å². The number of nitrogens with zero attached hydrogens (tertiary/aromatic N) is 1. The van der Waals surface area contributed by atoms with Gasteiger partial charge in [0.1, 0.15) is 11.2 Å². The van der Waals surface area contributed by atoms with Gasteiger partial charge in [-0.15, -0.1) is 0 Å². The lowest BCUT2D eigenvalue weighted by Crippen LogP contribution is -2.28. The molecule has 0 aliphatic heterocycles. The summed E-state index contributed by atoms with van der Waals surface area (Å²) in [6.45, 7) is 0. The van der Waals surface area contributed by atoms with Gasteiger partial charge < -0.3 is 9.32 Å². The van der Waals surface area contributed by atoms with Crippen LogP contribution in [0.2, 0.25) is 0 Å². The summed E-state index contributed by atoms with van der Waals surface area (Å²) in [4.78, 5) is 2.44. The lowest BCUT2D eigenvalue weighted by atomic mass is 9.68. The Balaban J connectivity index is 1.02. The average Bonchev–Trinajstić information content (AvgIpc) is 3.89. The molecule has 2 nitrogen and oxygen atoms in total. The van der Waals surface area contributed by atoms with Gasteiger partial charge in [-0.1, -0.05) is 200 Å². The fourth-order valence-electron chi connectivity index (χ4n) is 10.1. The maximum atomic E-state index is 6.30. The maximum Gasteiger partial charge on any atom is 0.136 e. The smallest absolute Gasteiger partial charge is 0.136 e. The van der Waals surface area contributed by atoms with E-state index in [9.17, 15) is 0 Å². The average molecular weight is 804 g/mol. The van der Waals surface area contributed by atoms with Crippen molar-refractivity contribution in [1.29, 1.82) is 0 Å². The van der Waals surface area contributed by atoms with Crippen LogP contribution in [0.5, 0.6) is 0 Å². The zero-order chi connectivity index (χ0) is 41.7. The minimum absolute atomic E-state index is 0.509. The molecular weight excluding hydrogens is 763 g/mol. The minimum atomic E-state index is -0.509. The molecule has 1 aliphatic rings. The highest BCUT2D eigenvalue weighted by molar-refractivity contribution is 6.06. The minimum Gasteiger partial charge on any atom is -0.456 e. The van der Waals surface area contributed by atoms with E-state index in [4.69, 9.17) is 4.42 Å². The monoisotopic (exact) mass is 803 g/mol. The summed E-state index contributed by atoms with van der Waals surface area (Å²) in [6, 6.07) is 90.2. The number of hydrogen-bond acceptors (Lipinski definition) is 2. The largest absolute Gasteiger partial charge is 0.456 e. The number of fused-ring (bicyclic) bond motifs is 6. The molecule has 1 heterocycles. The zero-order valence-corrected chi connectivity index (χ0v) is 34.5. The van der Waals surface area contributed by atoms with E-state index in [1.165, 1.54) is 55.6 Å². The first kappa shape index (κ1) is 36.6. The Morgan fingerprint density at radius 1 is 0.317 bits per heavy atom. The van der Waals surface area contributed by atoms with Crippen molar-refractivity contribution in [2.24, 2.45) is 0 Å². The standard InChI is InChI=1S/C61H41NO/c1-4-15-42(16-5-1)43-27-29-44(30-28-43)45-31-36-50(37-32-45)62(51-38-33-46(34-39-51)47-35-40-53-52-21-11-13-26-58(52)63-59(53)41-47)57-25-14-24-56-60(57)54-22-10-12-23-55(54)61(56,48-17-6-2-7-18-48)49-19-8-3-9-20-49/h1-41H. The molecule has 0 N–H and O–H groups in total. The molecule has 0 spiro atoms. The van der Waals surface area contributed by atoms with Gasteiger partial charge in [0.25, 0.3) is 0 Å². The fraction of sp³-hybridized carbons (Fsp3) is 0.0164. The molecule has 0 bridgehead atoms. The Bertz CT molecular complexity index is 3370. The number of para-hydroxylation sites is 1. The third kappa shape index (κ3) is 6.02. The Hall–Kier alpha value is -8.20. The second-order valence-electron chi connectivity index (χ2n) is 16.4. The molecule has 1 aromatic heterocycles. The van der Waals surface area contributed by atoms with E-state index in [-0.39, 0.29) is 0 Å². The van der Waals surface area contributed by atoms with E-state index in [2.05, 4.69) is 241 Å². The molecule has 0 saturated heterocycles. The van der Waals surface area contributed by atoms with Gasteiger partial charge in [0, 0.05) is 27.7 Å². The van der Waals surface area contributed by atoms with Crippen LogP contribution in [-0.2, 0) is 5.41 Å². The summed E-state index contributed by atoms with van der Waals surface area (Å²) in [6.07, 6.45) is 0. The van der Waals surface area contributed by atoms with Crippen molar-refractivity contribution in [3.05, 3.63) is 271 Å². The summed E-state index contributed by atoms with van der Waals surface area (Å²) in [5.41, 5.74) is 19.2. The first-order valence-electron chi connectivity index (χ1n) is 21.7. The van der Waals surface area contributed by atoms with Crippen LogP contribution in [-0.4, -0.2) is 0 Å². The third-order valence-corrected chi connectivity index (χ3v) is 13.0. The van der Waals surface area contributed by atoms with Crippen LogP contribution in [0.1, 0.15) is 22.3 Å². The van der Waals surface area contributed by atoms with Crippen molar-refractivity contribution in [1.82, 2.24) is 0 Å². The number of furan rings is 1. The summed E-state index contributed by atoms with van der Waals surface area (Å²) in [7, 11) is 0. The Labute approximate surface area is 367 Å². The molecule has 63 heavy (non-hydrogen) atoms. The Kier molecular flexibility index (Phi) is 8.76. The van der Waals surface area contributed by atoms with Crippen molar-refractivity contribution < 1.29 is 4.42 Å². The number of anilines is 3. The van der Waals surface area contributed by atoms with E-state index in [1.807, 2.05) is 12.1 Å². The second kappa shape index (κ2) is 15.1. The first-order chi connectivity index (χ1) is 31.2. The molecule has 0 unspecified atom stereocenters. The predicted octanol–water partition coefficient (Wildman–Crippen LogP) is 16.4. The SMILES string of the molecule is c1ccc(-c2ccc(-c3ccc(N(c4ccc(-c5ccc6c(c5)oc5ccccc56)cc4)c4cccc5c4-c4ccccc4C5(c4ccccc4)c4ccccc4)cc3)cc2)cc1.